The zero-order chi connectivity index (χ0) is 77.6. The largest absolute Gasteiger partial charge is 0.508 e. The van der Waals surface area contributed by atoms with Crippen molar-refractivity contribution >= 4 is 64.4 Å². The first-order valence-corrected chi connectivity index (χ1v) is 33.2. The van der Waals surface area contributed by atoms with Crippen molar-refractivity contribution in [3.05, 3.63) is 264 Å². The van der Waals surface area contributed by atoms with E-state index in [0.29, 0.717) is 122 Å². The molecule has 0 fully saturated rings. The number of ether oxygens (including phenoxy) is 8. The molecule has 10 N–H and O–H groups in total. The average molecular weight is 1470 g/mol. The van der Waals surface area contributed by atoms with E-state index in [1.807, 2.05) is 27.7 Å². The molecule has 0 saturated heterocycles. The van der Waals surface area contributed by atoms with E-state index >= 15 is 0 Å². The lowest BCUT2D eigenvalue weighted by Gasteiger charge is -2.08. The fraction of sp³-hybridized carbons (Fsp3) is 0.222. The molecule has 26 heteroatoms. The molecule has 0 heterocycles. The molecule has 0 unspecified atom stereocenters. The standard InChI is InChI=1S/C43H44N2O10.C16H16N2O2.C14H16O5.C8H8O2.H4N2.H2O/c1-5-41(47)53-29-9-8-28-52-38-20-16-36(17-21-38)43(49)55-40-24-12-34(13-25-40)31(3)45-44-30(2)33-10-22-39(23-11-33)54-42(48)35-14-18-37(19-15-35)51-27-7-6-26-50-32(4)46;1-11(13-3-7-15(19)8-4-13)17-18-12(2)14-5-9-16(20)10-6-14;1-2-13(15)19-10-4-3-9-18-12-7-5-11(6-8-12)14(16)17;1-6(9)7-2-4-8(10)5-3-7;1-2;/h5,10-25H,1,6-9,26-29H2,2-4H3;3-10,19-20H,1-2H3;2,5-8H,1,3-4,9-10H2,(H,16,17);2-5,10H,1H3;1-2H2;1H2/b44-30+,45-31+;17-11+,18-12+;;;;. The van der Waals surface area contributed by atoms with E-state index in [-0.39, 0.29) is 40.0 Å². The quantitative estimate of drug-likeness (QED) is 0.00262. The highest BCUT2D eigenvalue weighted by Gasteiger charge is 2.13. The molecule has 0 amide bonds. The molecule has 564 valence electrons. The highest BCUT2D eigenvalue weighted by atomic mass is 16.6. The van der Waals surface area contributed by atoms with Gasteiger partial charge < -0.3 is 63.8 Å². The summed E-state index contributed by atoms with van der Waals surface area (Å²) in [5.41, 5.74) is 7.88. The number of nitrogens with two attached hydrogens (primary N) is 2. The summed E-state index contributed by atoms with van der Waals surface area (Å²) in [6.45, 7) is 19.3. The summed E-state index contributed by atoms with van der Waals surface area (Å²) in [6, 6.07) is 53.3. The molecule has 0 radical (unpaired) electrons. The van der Waals surface area contributed by atoms with Crippen molar-refractivity contribution in [1.82, 2.24) is 0 Å². The van der Waals surface area contributed by atoms with Gasteiger partial charge in [-0.15, -0.1) is 0 Å². The van der Waals surface area contributed by atoms with Gasteiger partial charge in [-0.1, -0.05) is 13.2 Å². The Morgan fingerprint density at radius 2 is 0.570 bits per heavy atom. The van der Waals surface area contributed by atoms with Gasteiger partial charge in [0, 0.05) is 24.6 Å². The van der Waals surface area contributed by atoms with Crippen molar-refractivity contribution in [2.24, 2.45) is 32.1 Å². The molecule has 8 aromatic carbocycles. The number of hydrogen-bond donors (Lipinski definition) is 6. The van der Waals surface area contributed by atoms with Crippen LogP contribution < -0.4 is 35.4 Å². The topological polar surface area (TPSA) is 407 Å². The van der Waals surface area contributed by atoms with E-state index in [2.05, 4.69) is 45.2 Å². The minimum absolute atomic E-state index is 0. The van der Waals surface area contributed by atoms with Gasteiger partial charge in [0.2, 0.25) is 0 Å². The average Bonchev–Trinajstić information content (AvgIpc) is 0.834. The van der Waals surface area contributed by atoms with Gasteiger partial charge in [0.1, 0.15) is 46.0 Å². The third-order valence-corrected chi connectivity index (χ3v) is 14.3. The van der Waals surface area contributed by atoms with Crippen molar-refractivity contribution in [2.45, 2.75) is 80.1 Å². The highest BCUT2D eigenvalue weighted by molar-refractivity contribution is 6.03. The molecule has 0 spiro atoms. The second-order valence-electron chi connectivity index (χ2n) is 22.4. The van der Waals surface area contributed by atoms with E-state index in [1.165, 1.54) is 38.1 Å². The number of hydrazine groups is 1. The van der Waals surface area contributed by atoms with Gasteiger partial charge in [-0.3, -0.25) is 21.3 Å². The molecule has 0 bridgehead atoms. The predicted octanol–water partition coefficient (Wildman–Crippen LogP) is 13.2. The number of esters is 5. The summed E-state index contributed by atoms with van der Waals surface area (Å²) >= 11 is 0. The molecule has 0 aromatic heterocycles. The number of rotatable bonds is 32. The lowest BCUT2D eigenvalue weighted by atomic mass is 10.1. The summed E-state index contributed by atoms with van der Waals surface area (Å²) in [4.78, 5) is 79.3. The second-order valence-corrected chi connectivity index (χ2v) is 22.4. The molecule has 0 atom stereocenters. The van der Waals surface area contributed by atoms with Gasteiger partial charge in [-0.2, -0.15) is 20.4 Å². The van der Waals surface area contributed by atoms with Crippen LogP contribution in [0, 0.1) is 0 Å². The number of phenolic OH excluding ortho intramolecular Hbond substituents is 3. The summed E-state index contributed by atoms with van der Waals surface area (Å²) in [7, 11) is 0. The van der Waals surface area contributed by atoms with Crippen LogP contribution in [0.15, 0.2) is 240 Å². The molecule has 8 aromatic rings. The van der Waals surface area contributed by atoms with Crippen LogP contribution in [0.2, 0.25) is 0 Å². The zero-order valence-electron chi connectivity index (χ0n) is 60.4. The van der Waals surface area contributed by atoms with Crippen molar-refractivity contribution in [3.8, 4) is 46.0 Å². The summed E-state index contributed by atoms with van der Waals surface area (Å²) in [5, 5.41) is 53.1. The van der Waals surface area contributed by atoms with Crippen LogP contribution in [-0.2, 0) is 28.6 Å². The number of nitrogens with zero attached hydrogens (tertiary/aromatic N) is 4. The van der Waals surface area contributed by atoms with Crippen molar-refractivity contribution in [1.29, 1.82) is 0 Å². The Balaban J connectivity index is 0.000000459. The smallest absolute Gasteiger partial charge is 0.343 e. The van der Waals surface area contributed by atoms with Crippen LogP contribution in [0.4, 0.5) is 0 Å². The van der Waals surface area contributed by atoms with Gasteiger partial charge in [0.05, 0.1) is 79.2 Å². The molecule has 26 nitrogen and oxygen atoms in total. The highest BCUT2D eigenvalue weighted by Crippen LogP contribution is 2.22. The van der Waals surface area contributed by atoms with E-state index in [9.17, 15) is 43.8 Å². The summed E-state index contributed by atoms with van der Waals surface area (Å²) < 4.78 is 42.5. The van der Waals surface area contributed by atoms with Gasteiger partial charge in [0.15, 0.2) is 5.78 Å². The van der Waals surface area contributed by atoms with Crippen molar-refractivity contribution in [2.75, 3.05) is 39.6 Å². The molecule has 0 saturated carbocycles. The molecule has 0 aliphatic rings. The van der Waals surface area contributed by atoms with Gasteiger partial charge in [0.25, 0.3) is 0 Å². The number of Topliss-reactive ketones (excluding diaryl/α,β-unsaturated/α-hetero) is 1. The van der Waals surface area contributed by atoms with Crippen LogP contribution in [0.3, 0.4) is 0 Å². The number of benzene rings is 8. The number of carbonyl (C=O) groups excluding carboxylic acids is 6. The van der Waals surface area contributed by atoms with Gasteiger partial charge in [-0.25, -0.2) is 24.0 Å². The Hall–Kier alpha value is -12.9. The van der Waals surface area contributed by atoms with Gasteiger partial charge >= 0.3 is 35.8 Å². The Morgan fingerprint density at radius 3 is 0.832 bits per heavy atom. The zero-order valence-corrected chi connectivity index (χ0v) is 60.4. The first kappa shape index (κ1) is 88.3. The number of aromatic carboxylic acids is 1. The summed E-state index contributed by atoms with van der Waals surface area (Å²) in [5.74, 6) is 8.15. The maximum Gasteiger partial charge on any atom is 0.343 e. The number of carboxylic acid groups (broad SMARTS) is 1. The number of carboxylic acids is 1. The first-order chi connectivity index (χ1) is 51.0. The number of ketones is 1. The lowest BCUT2D eigenvalue weighted by molar-refractivity contribution is -0.141. The Bertz CT molecular complexity index is 4160. The molecular formula is C81H90N6O20. The fourth-order valence-corrected chi connectivity index (χ4v) is 8.42. The Labute approximate surface area is 620 Å². The molecular weight excluding hydrogens is 1380 g/mol. The number of aromatic hydroxyl groups is 3. The number of hydrogen-bond acceptors (Lipinski definition) is 24. The second kappa shape index (κ2) is 49.7. The predicted molar refractivity (Wildman–Crippen MR) is 407 cm³/mol. The van der Waals surface area contributed by atoms with E-state index < -0.39 is 29.8 Å². The van der Waals surface area contributed by atoms with Crippen LogP contribution in [0.5, 0.6) is 46.0 Å². The SMILES string of the molecule is C/C(=N\N=C(/C)c1ccc(O)cc1)c1ccc(O)cc1.C=CC(=O)OCCCCOc1ccc(C(=O)O)cc1.C=CC(=O)OCCCCOc1ccc(C(=O)Oc2ccc(/C(C)=N/N=C(\C)c3ccc(OC(=O)c4ccc(OCCCCOC(C)=O)cc4)cc3)cc2)cc1.CC(=O)c1ccc(O)cc1.NN.O. The maximum absolute atomic E-state index is 12.7. The van der Waals surface area contributed by atoms with E-state index in [4.69, 9.17) is 48.1 Å². The number of phenols is 3. The monoisotopic (exact) mass is 1470 g/mol. The first-order valence-electron chi connectivity index (χ1n) is 33.2. The molecule has 107 heavy (non-hydrogen) atoms. The van der Waals surface area contributed by atoms with Crippen LogP contribution in [0.1, 0.15) is 144 Å². The van der Waals surface area contributed by atoms with E-state index in [0.717, 1.165) is 58.7 Å². The minimum atomic E-state index is -0.962. The number of unbranched alkanes of at least 4 members (excludes halogenated alkanes) is 3. The Kier molecular flexibility index (Phi) is 41.0. The maximum atomic E-state index is 12.7. The van der Waals surface area contributed by atoms with Crippen LogP contribution in [-0.4, -0.2) is 130 Å². The van der Waals surface area contributed by atoms with E-state index in [1.54, 1.807) is 170 Å². The van der Waals surface area contributed by atoms with Crippen molar-refractivity contribution < 1.29 is 97.4 Å². The number of carbonyl (C=O) groups is 7. The Morgan fingerprint density at radius 1 is 0.336 bits per heavy atom. The normalized spacial score (nSPS) is 10.8. The van der Waals surface area contributed by atoms with Gasteiger partial charge in [-0.05, 0) is 290 Å². The minimum Gasteiger partial charge on any atom is -0.508 e. The third-order valence-electron chi connectivity index (χ3n) is 14.3. The fourth-order valence-electron chi connectivity index (χ4n) is 8.42. The molecule has 0 aliphatic heterocycles. The van der Waals surface area contributed by atoms with Crippen LogP contribution in [0.25, 0.3) is 0 Å². The van der Waals surface area contributed by atoms with Crippen LogP contribution >= 0.6 is 0 Å². The lowest BCUT2D eigenvalue weighted by Crippen LogP contribution is -2.09. The molecule has 8 rings (SSSR count). The third kappa shape index (κ3) is 35.2. The molecule has 0 aliphatic carbocycles. The van der Waals surface area contributed by atoms with Crippen molar-refractivity contribution in [3.63, 3.8) is 0 Å². The summed E-state index contributed by atoms with van der Waals surface area (Å²) in [6.07, 6.45) is 6.50.